The van der Waals surface area contributed by atoms with Gasteiger partial charge in [-0.25, -0.2) is 4.98 Å². The van der Waals surface area contributed by atoms with Crippen molar-refractivity contribution in [1.29, 1.82) is 0 Å². The lowest BCUT2D eigenvalue weighted by Crippen LogP contribution is -2.45. The van der Waals surface area contributed by atoms with Crippen LogP contribution in [0.3, 0.4) is 0 Å². The first-order valence-corrected chi connectivity index (χ1v) is 10.9. The molecule has 1 aliphatic rings. The number of nitrogens with one attached hydrogen (secondary N) is 1. The van der Waals surface area contributed by atoms with Gasteiger partial charge >= 0.3 is 5.97 Å². The Morgan fingerprint density at radius 2 is 1.90 bits per heavy atom. The number of amides is 1. The number of hydrogen-bond acceptors (Lipinski definition) is 5. The van der Waals surface area contributed by atoms with E-state index in [0.29, 0.717) is 47.9 Å². The molecule has 166 valence electrons. The molecule has 2 aromatic rings. The number of rotatable bonds is 9. The van der Waals surface area contributed by atoms with Gasteiger partial charge in [-0.15, -0.1) is 0 Å². The van der Waals surface area contributed by atoms with Crippen molar-refractivity contribution < 1.29 is 24.5 Å². The van der Waals surface area contributed by atoms with Gasteiger partial charge in [-0.2, -0.15) is 0 Å². The maximum Gasteiger partial charge on any atom is 0.303 e. The van der Waals surface area contributed by atoms with Crippen molar-refractivity contribution in [3.63, 3.8) is 0 Å². The standard InChI is InChI=1S/C23H27ClN2O5/c24-17-10-8-15(9-11-17)18-13-16(22(30)26-19-5-1-2-6-20(19)27)14-25-23(18)31-12-4-3-7-21(28)29/h8-11,13-14,19-20,27H,1-7,12H2,(H,26,30)(H,28,29)/t19-,20-/m1/s1. The largest absolute Gasteiger partial charge is 0.481 e. The molecule has 0 spiro atoms. The zero-order valence-corrected chi connectivity index (χ0v) is 18.0. The van der Waals surface area contributed by atoms with Crippen LogP contribution in [0.25, 0.3) is 11.1 Å². The van der Waals surface area contributed by atoms with Crippen LogP contribution >= 0.6 is 11.6 Å². The lowest BCUT2D eigenvalue weighted by atomic mass is 9.92. The first kappa shape index (κ1) is 23.0. The summed E-state index contributed by atoms with van der Waals surface area (Å²) in [4.78, 5) is 27.8. The molecule has 1 aromatic heterocycles. The van der Waals surface area contributed by atoms with Gasteiger partial charge in [-0.05, 0) is 49.4 Å². The number of benzene rings is 1. The number of aliphatic hydroxyl groups is 1. The summed E-state index contributed by atoms with van der Waals surface area (Å²) >= 11 is 6.00. The molecule has 0 bridgehead atoms. The van der Waals surface area contributed by atoms with Crippen LogP contribution in [0.5, 0.6) is 5.88 Å². The maximum atomic E-state index is 12.8. The van der Waals surface area contributed by atoms with Gasteiger partial charge in [0.1, 0.15) is 0 Å². The predicted octanol–water partition coefficient (Wildman–Crippen LogP) is 4.07. The van der Waals surface area contributed by atoms with Crippen molar-refractivity contribution in [2.24, 2.45) is 0 Å². The minimum Gasteiger partial charge on any atom is -0.481 e. The third-order valence-corrected chi connectivity index (χ3v) is 5.59. The fourth-order valence-corrected chi connectivity index (χ4v) is 3.73. The number of ether oxygens (including phenoxy) is 1. The predicted molar refractivity (Wildman–Crippen MR) is 117 cm³/mol. The van der Waals surface area contributed by atoms with Crippen LogP contribution in [0.4, 0.5) is 0 Å². The van der Waals surface area contributed by atoms with Crippen molar-refractivity contribution in [2.45, 2.75) is 57.1 Å². The summed E-state index contributed by atoms with van der Waals surface area (Å²) in [5.74, 6) is -0.757. The van der Waals surface area contributed by atoms with Gasteiger partial charge in [0.15, 0.2) is 0 Å². The number of carboxylic acid groups (broad SMARTS) is 1. The zero-order chi connectivity index (χ0) is 22.2. The fraction of sp³-hybridized carbons (Fsp3) is 0.435. The van der Waals surface area contributed by atoms with Gasteiger partial charge in [0, 0.05) is 23.2 Å². The first-order chi connectivity index (χ1) is 14.9. The summed E-state index contributed by atoms with van der Waals surface area (Å²) in [6.45, 7) is 0.320. The van der Waals surface area contributed by atoms with Gasteiger partial charge in [0.05, 0.1) is 24.3 Å². The highest BCUT2D eigenvalue weighted by Crippen LogP contribution is 2.30. The van der Waals surface area contributed by atoms with E-state index in [-0.39, 0.29) is 18.4 Å². The van der Waals surface area contributed by atoms with Crippen molar-refractivity contribution in [3.8, 4) is 17.0 Å². The number of carboxylic acids is 1. The van der Waals surface area contributed by atoms with Crippen LogP contribution in [0.1, 0.15) is 55.3 Å². The smallest absolute Gasteiger partial charge is 0.303 e. The monoisotopic (exact) mass is 446 g/mol. The number of aromatic nitrogens is 1. The van der Waals surface area contributed by atoms with Crippen molar-refractivity contribution >= 4 is 23.5 Å². The molecule has 1 amide bonds. The quantitative estimate of drug-likeness (QED) is 0.501. The molecule has 1 aliphatic carbocycles. The van der Waals surface area contributed by atoms with Gasteiger partial charge in [0.25, 0.3) is 5.91 Å². The Hall–Kier alpha value is -2.64. The number of aliphatic hydroxyl groups excluding tert-OH is 1. The Morgan fingerprint density at radius 3 is 2.61 bits per heavy atom. The van der Waals surface area contributed by atoms with E-state index in [1.54, 1.807) is 18.2 Å². The Labute approximate surface area is 186 Å². The fourth-order valence-electron chi connectivity index (χ4n) is 3.61. The number of hydrogen-bond donors (Lipinski definition) is 3. The van der Waals surface area contributed by atoms with Crippen molar-refractivity contribution in [2.75, 3.05) is 6.61 Å². The lowest BCUT2D eigenvalue weighted by molar-refractivity contribution is -0.137. The first-order valence-electron chi connectivity index (χ1n) is 10.5. The summed E-state index contributed by atoms with van der Waals surface area (Å²) in [6.07, 6.45) is 5.49. The van der Waals surface area contributed by atoms with Gasteiger partial charge in [-0.3, -0.25) is 9.59 Å². The second-order valence-corrected chi connectivity index (χ2v) is 8.15. The highest BCUT2D eigenvalue weighted by Gasteiger charge is 2.25. The van der Waals surface area contributed by atoms with Crippen LogP contribution < -0.4 is 10.1 Å². The average molecular weight is 447 g/mol. The molecule has 0 radical (unpaired) electrons. The van der Waals surface area contributed by atoms with E-state index in [4.69, 9.17) is 21.4 Å². The summed E-state index contributed by atoms with van der Waals surface area (Å²) in [5.41, 5.74) is 1.82. The topological polar surface area (TPSA) is 109 Å². The molecule has 1 heterocycles. The molecular weight excluding hydrogens is 420 g/mol. The average Bonchev–Trinajstić information content (AvgIpc) is 2.75. The number of carbonyl (C=O) groups excluding carboxylic acids is 1. The van der Waals surface area contributed by atoms with Crippen LogP contribution in [-0.2, 0) is 4.79 Å². The molecule has 3 rings (SSSR count). The molecule has 0 saturated heterocycles. The number of carbonyl (C=O) groups is 2. The van der Waals surface area contributed by atoms with E-state index in [2.05, 4.69) is 10.3 Å². The summed E-state index contributed by atoms with van der Waals surface area (Å²) < 4.78 is 5.80. The second kappa shape index (κ2) is 11.1. The lowest BCUT2D eigenvalue weighted by Gasteiger charge is -2.28. The summed E-state index contributed by atoms with van der Waals surface area (Å²) in [7, 11) is 0. The highest BCUT2D eigenvalue weighted by atomic mass is 35.5. The van der Waals surface area contributed by atoms with Crippen LogP contribution in [0.2, 0.25) is 5.02 Å². The number of unbranched alkanes of at least 4 members (excludes halogenated alkanes) is 1. The molecule has 31 heavy (non-hydrogen) atoms. The van der Waals surface area contributed by atoms with E-state index in [0.717, 1.165) is 24.8 Å². The molecule has 7 nitrogen and oxygen atoms in total. The van der Waals surface area contributed by atoms with Gasteiger partial charge in [0.2, 0.25) is 5.88 Å². The maximum absolute atomic E-state index is 12.8. The van der Waals surface area contributed by atoms with Gasteiger partial charge < -0.3 is 20.3 Å². The summed E-state index contributed by atoms with van der Waals surface area (Å²) in [5, 5.41) is 22.4. The van der Waals surface area contributed by atoms with Crippen molar-refractivity contribution in [1.82, 2.24) is 10.3 Å². The molecule has 8 heteroatoms. The zero-order valence-electron chi connectivity index (χ0n) is 17.2. The number of nitrogens with zero attached hydrogens (tertiary/aromatic N) is 1. The van der Waals surface area contributed by atoms with Crippen molar-refractivity contribution in [3.05, 3.63) is 47.1 Å². The molecule has 0 unspecified atom stereocenters. The van der Waals surface area contributed by atoms with E-state index in [1.165, 1.54) is 6.20 Å². The minimum absolute atomic E-state index is 0.0902. The van der Waals surface area contributed by atoms with Crippen LogP contribution in [-0.4, -0.2) is 45.8 Å². The Balaban J connectivity index is 1.76. The third-order valence-electron chi connectivity index (χ3n) is 5.34. The van der Waals surface area contributed by atoms with Gasteiger partial charge in [-0.1, -0.05) is 36.6 Å². The van der Waals surface area contributed by atoms with E-state index in [9.17, 15) is 14.7 Å². The molecule has 1 aromatic carbocycles. The molecular formula is C23H27ClN2O5. The minimum atomic E-state index is -0.835. The number of aliphatic carboxylic acids is 1. The number of pyridine rings is 1. The molecule has 1 saturated carbocycles. The van der Waals surface area contributed by atoms with Crippen LogP contribution in [0, 0.1) is 0 Å². The Morgan fingerprint density at radius 1 is 1.16 bits per heavy atom. The Bertz CT molecular complexity index is 903. The molecule has 0 aliphatic heterocycles. The highest BCUT2D eigenvalue weighted by molar-refractivity contribution is 6.30. The molecule has 3 N–H and O–H groups in total. The number of halogens is 1. The van der Waals surface area contributed by atoms with Crippen LogP contribution in [0.15, 0.2) is 36.5 Å². The third kappa shape index (κ3) is 6.67. The normalized spacial score (nSPS) is 18.4. The Kier molecular flexibility index (Phi) is 8.26. The molecule has 2 atom stereocenters. The van der Waals surface area contributed by atoms with E-state index < -0.39 is 12.1 Å². The second-order valence-electron chi connectivity index (χ2n) is 7.71. The van der Waals surface area contributed by atoms with E-state index in [1.807, 2.05) is 12.1 Å². The SMILES string of the molecule is O=C(O)CCCCOc1ncc(C(=O)N[C@@H]2CCCC[C@H]2O)cc1-c1ccc(Cl)cc1. The summed E-state index contributed by atoms with van der Waals surface area (Å²) in [6, 6.07) is 8.60. The molecule has 1 fully saturated rings. The van der Waals surface area contributed by atoms with E-state index >= 15 is 0 Å².